The van der Waals surface area contributed by atoms with Crippen LogP contribution in [0.5, 0.6) is 0 Å². The lowest BCUT2D eigenvalue weighted by molar-refractivity contribution is -0.432. The molecule has 0 radical (unpaired) electrons. The first-order valence-corrected chi connectivity index (χ1v) is 13.5. The van der Waals surface area contributed by atoms with Crippen molar-refractivity contribution in [2.75, 3.05) is 13.2 Å². The number of alkyl halides is 5. The molecule has 1 aliphatic carbocycles. The number of allylic oxidation sites excluding steroid dienone is 1. The number of ether oxygens (including phenoxy) is 4. The lowest BCUT2D eigenvalue weighted by atomic mass is 9.80. The van der Waals surface area contributed by atoms with Crippen molar-refractivity contribution in [2.45, 2.75) is 69.5 Å². The second kappa shape index (κ2) is 11.1. The molecule has 13 heteroatoms. The highest BCUT2D eigenvalue weighted by molar-refractivity contribution is 5.68. The van der Waals surface area contributed by atoms with Crippen LogP contribution in [0.4, 0.5) is 39.5 Å². The van der Waals surface area contributed by atoms with Gasteiger partial charge in [-0.25, -0.2) is 22.3 Å². The Kier molecular flexibility index (Phi) is 8.18. The molecule has 3 aliphatic rings. The molecule has 0 N–H and O–H groups in total. The van der Waals surface area contributed by atoms with Gasteiger partial charge in [0, 0.05) is 5.92 Å². The van der Waals surface area contributed by atoms with E-state index in [1.807, 2.05) is 0 Å². The van der Waals surface area contributed by atoms with Crippen LogP contribution in [0.1, 0.15) is 56.6 Å². The van der Waals surface area contributed by atoms with Crippen molar-refractivity contribution < 1.29 is 58.5 Å². The van der Waals surface area contributed by atoms with Crippen molar-refractivity contribution in [1.29, 1.82) is 0 Å². The Hall–Kier alpha value is -2.61. The Labute approximate surface area is 235 Å². The van der Waals surface area contributed by atoms with Crippen LogP contribution < -0.4 is 0 Å². The first kappa shape index (κ1) is 30.8. The van der Waals surface area contributed by atoms with Crippen LogP contribution in [0.15, 0.2) is 30.3 Å². The minimum atomic E-state index is -5.91. The Balaban J connectivity index is 1.26. The molecular weight excluding hydrogens is 583 g/mol. The fraction of sp³-hybridized carbons (Fsp3) is 0.517. The van der Waals surface area contributed by atoms with Gasteiger partial charge in [-0.15, -0.1) is 13.2 Å². The molecule has 5 rings (SSSR count). The number of hydrogen-bond donors (Lipinski definition) is 0. The monoisotopic (exact) mass is 610 g/mol. The summed E-state index contributed by atoms with van der Waals surface area (Å²) in [5.74, 6) is -7.76. The Morgan fingerprint density at radius 1 is 0.857 bits per heavy atom. The van der Waals surface area contributed by atoms with Gasteiger partial charge in [-0.1, -0.05) is 25.5 Å². The zero-order chi connectivity index (χ0) is 30.5. The van der Waals surface area contributed by atoms with E-state index in [-0.39, 0.29) is 29.5 Å². The van der Waals surface area contributed by atoms with Gasteiger partial charge < -0.3 is 14.2 Å². The fourth-order valence-electron chi connectivity index (χ4n) is 6.01. The van der Waals surface area contributed by atoms with Crippen LogP contribution in [0.2, 0.25) is 0 Å². The highest BCUT2D eigenvalue weighted by Gasteiger charge is 2.61. The quantitative estimate of drug-likeness (QED) is 0.281. The molecule has 1 saturated carbocycles. The molecule has 230 valence electrons. The molecule has 2 bridgehead atoms. The lowest BCUT2D eigenvalue weighted by Gasteiger charge is -2.36. The molecule has 0 spiro atoms. The minimum absolute atomic E-state index is 0.0460. The molecule has 2 heterocycles. The molecule has 0 atom stereocenters. The van der Waals surface area contributed by atoms with Crippen LogP contribution in [0, 0.1) is 35.1 Å². The zero-order valence-corrected chi connectivity index (χ0v) is 22.3. The summed E-state index contributed by atoms with van der Waals surface area (Å²) in [7, 11) is 0. The van der Waals surface area contributed by atoms with Crippen molar-refractivity contribution in [2.24, 2.45) is 11.8 Å². The average Bonchev–Trinajstić information content (AvgIpc) is 3.43. The smallest absolute Gasteiger partial charge is 0.324 e. The van der Waals surface area contributed by atoms with E-state index in [0.717, 1.165) is 50.7 Å². The molecule has 2 saturated heterocycles. The zero-order valence-electron chi connectivity index (χ0n) is 22.3. The summed E-state index contributed by atoms with van der Waals surface area (Å²) < 4.78 is 143. The molecule has 2 aromatic rings. The van der Waals surface area contributed by atoms with Crippen LogP contribution in [0.3, 0.4) is 0 Å². The van der Waals surface area contributed by atoms with Crippen LogP contribution in [0.25, 0.3) is 17.2 Å². The number of benzene rings is 2. The van der Waals surface area contributed by atoms with Crippen molar-refractivity contribution in [3.63, 3.8) is 0 Å². The van der Waals surface area contributed by atoms with E-state index in [0.29, 0.717) is 13.2 Å². The predicted octanol–water partition coefficient (Wildman–Crippen LogP) is 8.59. The summed E-state index contributed by atoms with van der Waals surface area (Å²) in [5.41, 5.74) is -4.40. The van der Waals surface area contributed by atoms with Gasteiger partial charge in [0.1, 0.15) is 34.4 Å². The minimum Gasteiger partial charge on any atom is -0.324 e. The lowest BCUT2D eigenvalue weighted by Crippen LogP contribution is -2.42. The van der Waals surface area contributed by atoms with E-state index in [4.69, 9.17) is 14.2 Å². The largest absolute Gasteiger partial charge is 0.527 e. The van der Waals surface area contributed by atoms with E-state index in [2.05, 4.69) is 11.7 Å². The molecule has 3 fully saturated rings. The first-order chi connectivity index (χ1) is 19.7. The maximum Gasteiger partial charge on any atom is 0.527 e. The van der Waals surface area contributed by atoms with E-state index in [1.165, 1.54) is 6.08 Å². The standard InChI is InChI=1S/C29H27F9O4/c1-2-9-26-14-39-28(41-26,40-15-26)19-7-5-16(6-8-19)3-4-17-10-20(30)24(21(31)11-17)18-12-22(32)25(23(33)13-18)27(34,35)42-29(36,37)38/h3-4,10-13,16,19H,2,5-9,14-15H2,1H3/b4-3+. The number of halogens is 9. The second-order valence-electron chi connectivity index (χ2n) is 10.9. The third kappa shape index (κ3) is 6.06. The number of rotatable bonds is 8. The summed E-state index contributed by atoms with van der Waals surface area (Å²) in [5, 5.41) is 0. The van der Waals surface area contributed by atoms with Crippen molar-refractivity contribution >= 4 is 6.08 Å². The summed E-state index contributed by atoms with van der Waals surface area (Å²) >= 11 is 0. The van der Waals surface area contributed by atoms with Gasteiger partial charge in [-0.2, -0.15) is 8.78 Å². The van der Waals surface area contributed by atoms with Gasteiger partial charge in [0.25, 0.3) is 5.97 Å². The van der Waals surface area contributed by atoms with Crippen molar-refractivity contribution in [3.05, 3.63) is 64.7 Å². The van der Waals surface area contributed by atoms with Crippen LogP contribution in [-0.2, 0) is 25.1 Å². The molecule has 2 aromatic carbocycles. The molecule has 2 aliphatic heterocycles. The maximum atomic E-state index is 14.9. The van der Waals surface area contributed by atoms with Crippen LogP contribution in [-0.4, -0.2) is 31.2 Å². The SMILES string of the molecule is CCCC12COC(C3CCC(/C=C/c4cc(F)c(-c5cc(F)c(C(F)(F)OC(F)(F)F)c(F)c5)c(F)c4)CC3)(OC1)O2. The maximum absolute atomic E-state index is 14.9. The molecule has 0 aromatic heterocycles. The fourth-order valence-corrected chi connectivity index (χ4v) is 6.01. The third-order valence-electron chi connectivity index (χ3n) is 7.90. The van der Waals surface area contributed by atoms with Gasteiger partial charge in [0.15, 0.2) is 0 Å². The van der Waals surface area contributed by atoms with Gasteiger partial charge in [-0.3, -0.25) is 0 Å². The highest BCUT2D eigenvalue weighted by atomic mass is 19.4. The second-order valence-corrected chi connectivity index (χ2v) is 10.9. The molecule has 0 unspecified atom stereocenters. The number of hydrogen-bond acceptors (Lipinski definition) is 4. The Bertz CT molecular complexity index is 1300. The highest BCUT2D eigenvalue weighted by Crippen LogP contribution is 2.51. The van der Waals surface area contributed by atoms with Crippen LogP contribution >= 0.6 is 0 Å². The molecular formula is C29H27F9O4. The molecule has 0 amide bonds. The summed E-state index contributed by atoms with van der Waals surface area (Å²) in [4.78, 5) is 0. The Morgan fingerprint density at radius 2 is 1.43 bits per heavy atom. The van der Waals surface area contributed by atoms with Gasteiger partial charge in [0.2, 0.25) is 0 Å². The van der Waals surface area contributed by atoms with Gasteiger partial charge in [0.05, 0.1) is 18.8 Å². The van der Waals surface area contributed by atoms with E-state index < -0.39 is 64.0 Å². The van der Waals surface area contributed by atoms with Crippen molar-refractivity contribution in [3.8, 4) is 11.1 Å². The van der Waals surface area contributed by atoms with Gasteiger partial charge in [-0.05, 0) is 73.4 Å². The average molecular weight is 611 g/mol. The van der Waals surface area contributed by atoms with E-state index in [9.17, 15) is 39.5 Å². The number of fused-ring (bicyclic) bond motifs is 2. The van der Waals surface area contributed by atoms with E-state index in [1.54, 1.807) is 6.08 Å². The molecule has 42 heavy (non-hydrogen) atoms. The summed E-state index contributed by atoms with van der Waals surface area (Å²) in [6.07, 6.45) is -3.25. The van der Waals surface area contributed by atoms with Gasteiger partial charge >= 0.3 is 12.5 Å². The molecule has 4 nitrogen and oxygen atoms in total. The summed E-state index contributed by atoms with van der Waals surface area (Å²) in [6, 6.07) is 2.01. The Morgan fingerprint density at radius 3 is 1.95 bits per heavy atom. The first-order valence-electron chi connectivity index (χ1n) is 13.5. The normalized spacial score (nSPS) is 28.2. The predicted molar refractivity (Wildman–Crippen MR) is 131 cm³/mol. The third-order valence-corrected chi connectivity index (χ3v) is 7.90. The topological polar surface area (TPSA) is 36.9 Å². The van der Waals surface area contributed by atoms with E-state index >= 15 is 0 Å². The summed E-state index contributed by atoms with van der Waals surface area (Å²) in [6.45, 7) is 3.06. The van der Waals surface area contributed by atoms with Crippen molar-refractivity contribution in [1.82, 2.24) is 0 Å².